The first-order valence-corrected chi connectivity index (χ1v) is 7.16. The molecule has 148 valence electrons. The summed E-state index contributed by atoms with van der Waals surface area (Å²) in [5, 5.41) is 45.8. The van der Waals surface area contributed by atoms with Gasteiger partial charge in [0.05, 0.1) is 22.8 Å². The predicted octanol–water partition coefficient (Wildman–Crippen LogP) is 3.90. The van der Waals surface area contributed by atoms with Crippen LogP contribution in [0, 0.1) is 16.8 Å². The largest absolute Gasteiger partial charge is 3.00 e. The topological polar surface area (TPSA) is 149 Å². The van der Waals surface area contributed by atoms with E-state index in [1.54, 1.807) is 12.4 Å². The summed E-state index contributed by atoms with van der Waals surface area (Å²) in [6, 6.07) is 5.72. The summed E-state index contributed by atoms with van der Waals surface area (Å²) in [6.07, 6.45) is 5.50. The fourth-order valence-electron chi connectivity index (χ4n) is 0.589. The molecule has 0 spiro atoms. The first-order chi connectivity index (χ1) is 11.9. The smallest absolute Gasteiger partial charge is 0.792 e. The fourth-order valence-corrected chi connectivity index (χ4v) is 0.589. The van der Waals surface area contributed by atoms with E-state index in [2.05, 4.69) is 25.6 Å². The summed E-state index contributed by atoms with van der Waals surface area (Å²) in [7, 11) is 0. The molecule has 0 saturated heterocycles. The third kappa shape index (κ3) is 23.8. The predicted molar refractivity (Wildman–Crippen MR) is 103 cm³/mol. The van der Waals surface area contributed by atoms with Crippen LogP contribution in [-0.2, 0) is 16.8 Å². The van der Waals surface area contributed by atoms with Crippen molar-refractivity contribution in [2.24, 2.45) is 20.6 Å². The van der Waals surface area contributed by atoms with Crippen LogP contribution in [0.2, 0.25) is 0 Å². The second-order valence-electron chi connectivity index (χ2n) is 4.33. The Balaban J connectivity index is -0.000000128. The molecule has 0 aliphatic carbocycles. The van der Waals surface area contributed by atoms with Gasteiger partial charge in [-0.15, -0.1) is 0 Å². The molecule has 2 N–H and O–H groups in total. The van der Waals surface area contributed by atoms with Crippen LogP contribution in [0.3, 0.4) is 0 Å². The van der Waals surface area contributed by atoms with Gasteiger partial charge in [-0.2, -0.15) is 13.8 Å². The van der Waals surface area contributed by atoms with Gasteiger partial charge >= 0.3 is 16.8 Å². The first kappa shape index (κ1) is 31.3. The van der Waals surface area contributed by atoms with E-state index in [-0.39, 0.29) is 39.6 Å². The van der Waals surface area contributed by atoms with Gasteiger partial charge in [0.15, 0.2) is 0 Å². The molecule has 1 rings (SSSR count). The van der Waals surface area contributed by atoms with Gasteiger partial charge in [0.2, 0.25) is 0 Å². The van der Waals surface area contributed by atoms with Gasteiger partial charge in [-0.25, -0.2) is 0 Å². The first-order valence-electron chi connectivity index (χ1n) is 7.16. The van der Waals surface area contributed by atoms with E-state index in [1.165, 1.54) is 27.7 Å². The number of oxime groups is 2. The van der Waals surface area contributed by atoms with Gasteiger partial charge in [0, 0.05) is 12.4 Å². The maximum absolute atomic E-state index is 9.63. The maximum atomic E-state index is 9.63. The molecule has 0 saturated carbocycles. The molecule has 0 bridgehead atoms. The molecule has 0 radical (unpaired) electrons. The summed E-state index contributed by atoms with van der Waals surface area (Å²) in [5.41, 5.74) is 0.903. The van der Waals surface area contributed by atoms with Crippen LogP contribution in [0.4, 0.5) is 0 Å². The summed E-state index contributed by atoms with van der Waals surface area (Å²) in [5.74, 6) is 0. The van der Waals surface area contributed by atoms with Crippen molar-refractivity contribution in [1.82, 2.24) is 4.98 Å². The van der Waals surface area contributed by atoms with E-state index in [0.29, 0.717) is 0 Å². The summed E-state index contributed by atoms with van der Waals surface area (Å²) in [6.45, 7) is 9.94. The van der Waals surface area contributed by atoms with Crippen molar-refractivity contribution in [3.05, 3.63) is 47.4 Å². The van der Waals surface area contributed by atoms with E-state index in [4.69, 9.17) is 10.4 Å². The second kappa shape index (κ2) is 24.8. The fraction of sp³-hybridized carbons (Fsp3) is 0.375. The normalized spacial score (nSPS) is 11.3. The van der Waals surface area contributed by atoms with Crippen molar-refractivity contribution in [2.45, 2.75) is 41.5 Å². The summed E-state index contributed by atoms with van der Waals surface area (Å²) >= 11 is 0. The Bertz CT molecular complexity index is 444. The van der Waals surface area contributed by atoms with E-state index in [0.717, 1.165) is 0 Å². The number of pyridine rings is 1. The minimum absolute atomic E-state index is 0. The monoisotopic (exact) mass is 411 g/mol. The molecule has 9 nitrogen and oxygen atoms in total. The summed E-state index contributed by atoms with van der Waals surface area (Å²) < 4.78 is 0. The minimum atomic E-state index is 0. The van der Waals surface area contributed by atoms with E-state index < -0.39 is 0 Å². The molecule has 10 heteroatoms. The molecular formula is C16H26CoN5O4. The Morgan fingerprint density at radius 3 is 1.15 bits per heavy atom. The quantitative estimate of drug-likeness (QED) is 0.328. The molecule has 26 heavy (non-hydrogen) atoms. The van der Waals surface area contributed by atoms with Crippen LogP contribution in [0.25, 0.3) is 0 Å². The number of rotatable bonds is 2. The Morgan fingerprint density at radius 1 is 0.769 bits per heavy atom. The Kier molecular flexibility index (Phi) is 29.9. The number of hydrogen-bond acceptors (Lipinski definition) is 9. The second-order valence-corrected chi connectivity index (χ2v) is 4.33. The van der Waals surface area contributed by atoms with Gasteiger partial charge in [0.1, 0.15) is 0 Å². The van der Waals surface area contributed by atoms with E-state index in [9.17, 15) is 10.4 Å². The minimum Gasteiger partial charge on any atom is -0.792 e. The van der Waals surface area contributed by atoms with Crippen molar-refractivity contribution < 1.29 is 27.2 Å². The van der Waals surface area contributed by atoms with Crippen LogP contribution in [-0.4, -0.2) is 38.2 Å². The molecule has 1 heterocycles. The third-order valence-electron chi connectivity index (χ3n) is 2.19. The zero-order valence-electron chi connectivity index (χ0n) is 15.7. The van der Waals surface area contributed by atoms with Gasteiger partial charge in [-0.3, -0.25) is 4.98 Å². The Labute approximate surface area is 165 Å². The van der Waals surface area contributed by atoms with Crippen LogP contribution in [0.5, 0.6) is 0 Å². The zero-order valence-corrected chi connectivity index (χ0v) is 16.8. The number of aromatic nitrogens is 1. The van der Waals surface area contributed by atoms with Gasteiger partial charge < -0.3 is 37.6 Å². The molecular weight excluding hydrogens is 385 g/mol. The average Bonchev–Trinajstić information content (AvgIpc) is 2.68. The Morgan fingerprint density at radius 2 is 1.08 bits per heavy atom. The van der Waals surface area contributed by atoms with Gasteiger partial charge in [0.25, 0.3) is 0 Å². The maximum Gasteiger partial charge on any atom is 3.00 e. The molecule has 0 aliphatic rings. The van der Waals surface area contributed by atoms with Crippen LogP contribution >= 0.6 is 0 Å². The zero-order chi connectivity index (χ0) is 20.1. The van der Waals surface area contributed by atoms with Crippen LogP contribution in [0.15, 0.2) is 51.2 Å². The van der Waals surface area contributed by atoms with E-state index in [1.807, 2.05) is 38.5 Å². The molecule has 0 aliphatic heterocycles. The number of hydrogen-bond donors (Lipinski definition) is 2. The number of nitrogens with zero attached hydrogens (tertiary/aromatic N) is 5. The third-order valence-corrected chi connectivity index (χ3v) is 2.19. The molecule has 0 amide bonds. The van der Waals surface area contributed by atoms with Crippen molar-refractivity contribution >= 4 is 22.8 Å². The van der Waals surface area contributed by atoms with E-state index >= 15 is 0 Å². The molecule has 0 aromatic carbocycles. The van der Waals surface area contributed by atoms with Crippen LogP contribution < -0.4 is 0 Å². The van der Waals surface area contributed by atoms with Crippen LogP contribution in [0.1, 0.15) is 41.5 Å². The SMILES string of the molecule is CC(=N\[O-])/C(C)=N/O.CC(=N\[O-])/C(C)=N/O.C[CH-]C.[Co+3].c1ccncc1. The Hall–Kier alpha value is -2.46. The van der Waals surface area contributed by atoms with Gasteiger partial charge in [-0.1, -0.05) is 16.4 Å². The van der Waals surface area contributed by atoms with Crippen molar-refractivity contribution in [3.8, 4) is 0 Å². The molecule has 1 aromatic rings. The molecule has 1 aromatic heterocycles. The molecule has 0 atom stereocenters. The summed E-state index contributed by atoms with van der Waals surface area (Å²) in [4.78, 5) is 3.78. The average molecular weight is 411 g/mol. The van der Waals surface area contributed by atoms with Crippen molar-refractivity contribution in [2.75, 3.05) is 0 Å². The van der Waals surface area contributed by atoms with Gasteiger partial charge in [-0.05, 0) is 39.8 Å². The standard InChI is InChI=1S/C5H5N.2C4H8N2O2.C3H7.Co/c1-2-4-6-5-3-1;2*1-3(5-7)4(2)6-8;1-3-2;/h1-5H;2*7-8H,1-2H3;3H,1-2H3;/q;;;-1;+3/p-2/b;2*5-3+,6-4+;;. The molecule has 0 fully saturated rings. The van der Waals surface area contributed by atoms with Crippen molar-refractivity contribution in [1.29, 1.82) is 0 Å². The van der Waals surface area contributed by atoms with Crippen molar-refractivity contribution in [3.63, 3.8) is 0 Å². The molecule has 0 unspecified atom stereocenters.